The van der Waals surface area contributed by atoms with Crippen molar-refractivity contribution in [2.45, 2.75) is 23.2 Å². The zero-order valence-electron chi connectivity index (χ0n) is 10.5. The number of benzene rings is 1. The second-order valence-electron chi connectivity index (χ2n) is 4.38. The summed E-state index contributed by atoms with van der Waals surface area (Å²) in [5, 5.41) is 10.7. The van der Waals surface area contributed by atoms with Gasteiger partial charge in [0.25, 0.3) is 0 Å². The number of alkyl halides is 9. The zero-order chi connectivity index (χ0) is 17.4. The summed E-state index contributed by atoms with van der Waals surface area (Å²) in [5.74, 6) is 0. The van der Waals surface area contributed by atoms with Gasteiger partial charge in [0.15, 0.2) is 8.67 Å². The fourth-order valence-electron chi connectivity index (χ4n) is 1.60. The van der Waals surface area contributed by atoms with Gasteiger partial charge in [0.2, 0.25) is 8.13 Å². The highest BCUT2D eigenvalue weighted by molar-refractivity contribution is 6.80. The van der Waals surface area contributed by atoms with Gasteiger partial charge in [-0.05, 0) is 17.5 Å². The molecule has 0 fully saturated rings. The topological polar surface area (TPSA) is 19.9 Å². The molecule has 0 spiro atoms. The van der Waals surface area contributed by atoms with Crippen LogP contribution in [0.3, 0.4) is 0 Å². The first-order valence-corrected chi connectivity index (χ1v) is 9.07. The van der Waals surface area contributed by atoms with Gasteiger partial charge in [-0.2, -0.15) is 0 Å². The summed E-state index contributed by atoms with van der Waals surface area (Å²) in [4.78, 5) is 0. The summed E-state index contributed by atoms with van der Waals surface area (Å²) in [5.41, 5.74) is 0.942. The van der Waals surface area contributed by atoms with Crippen LogP contribution in [0.4, 0.5) is 0 Å². The Bertz CT molecular complexity index is 522. The van der Waals surface area contributed by atoms with E-state index in [4.69, 9.17) is 104 Å². The third-order valence-corrected chi connectivity index (χ3v) is 8.30. The van der Waals surface area contributed by atoms with Crippen LogP contribution in [-0.4, -0.2) is 19.1 Å². The van der Waals surface area contributed by atoms with Crippen molar-refractivity contribution in [3.63, 3.8) is 0 Å². The van der Waals surface area contributed by atoms with E-state index >= 15 is 0 Å². The van der Waals surface area contributed by atoms with Crippen molar-refractivity contribution in [1.82, 2.24) is 0 Å². The van der Waals surface area contributed by atoms with E-state index < -0.39 is 16.8 Å². The van der Waals surface area contributed by atoms with Crippen molar-refractivity contribution in [2.75, 3.05) is 6.61 Å². The summed E-state index contributed by atoms with van der Waals surface area (Å²) in [6, 6.07) is 6.44. The van der Waals surface area contributed by atoms with Crippen LogP contribution in [0.15, 0.2) is 24.3 Å². The van der Waals surface area contributed by atoms with E-state index in [0.717, 1.165) is 0 Å². The highest BCUT2D eigenvalue weighted by atomic mass is 35.6. The molecule has 125 valence electrons. The van der Waals surface area contributed by atoms with E-state index in [1.807, 2.05) is 0 Å². The van der Waals surface area contributed by atoms with E-state index in [0.29, 0.717) is 5.56 Å². The molecule has 0 N–H and O–H groups in total. The zero-order valence-corrected chi connectivity index (χ0v) is 17.3. The maximum atomic E-state index is 10.7. The van der Waals surface area contributed by atoms with Gasteiger partial charge in [-0.15, -0.1) is 0 Å². The van der Waals surface area contributed by atoms with Crippen LogP contribution in [0.25, 0.3) is 0 Å². The van der Waals surface area contributed by atoms with Crippen LogP contribution in [0, 0.1) is 0 Å². The molecule has 1 nitrogen and oxygen atoms in total. The molecule has 1 aromatic rings. The molecule has 0 aliphatic carbocycles. The molecule has 0 bridgehead atoms. The number of halogens is 9. The number of rotatable bonds is 5. The molecule has 0 heterocycles. The smallest absolute Gasteiger partial charge is 0.226 e. The predicted molar refractivity (Wildman–Crippen MR) is 98.2 cm³/mol. The monoisotopic (exact) mass is 483 g/mol. The Morgan fingerprint density at radius 1 is 0.818 bits per heavy atom. The Hall–Kier alpha value is 1.79. The van der Waals surface area contributed by atoms with E-state index in [9.17, 15) is 5.11 Å². The van der Waals surface area contributed by atoms with Crippen molar-refractivity contribution < 1.29 is 5.11 Å². The molecule has 1 aromatic carbocycles. The van der Waals surface area contributed by atoms with Crippen molar-refractivity contribution in [3.8, 4) is 0 Å². The highest BCUT2D eigenvalue weighted by Crippen LogP contribution is 2.65. The molecular weight excluding hydrogens is 479 g/mol. The first-order chi connectivity index (χ1) is 9.79. The Labute approximate surface area is 173 Å². The average molecular weight is 487 g/mol. The molecule has 10 heteroatoms. The van der Waals surface area contributed by atoms with Crippen LogP contribution < -0.4 is 0 Å². The summed E-state index contributed by atoms with van der Waals surface area (Å²) in [6.45, 7) is -0.309. The van der Waals surface area contributed by atoms with E-state index in [-0.39, 0.29) is 18.6 Å². The fourth-order valence-corrected chi connectivity index (χ4v) is 3.81. The van der Waals surface area contributed by atoms with Gasteiger partial charge in [-0.25, -0.2) is 5.11 Å². The third kappa shape index (κ3) is 4.12. The molecule has 22 heavy (non-hydrogen) atoms. The average Bonchev–Trinajstić information content (AvgIpc) is 2.37. The molecule has 0 aliphatic heterocycles. The largest absolute Gasteiger partial charge is 0.236 e. The summed E-state index contributed by atoms with van der Waals surface area (Å²) in [6.07, 6.45) is 0.270. The summed E-state index contributed by atoms with van der Waals surface area (Å²) in [7, 11) is 0. The van der Waals surface area contributed by atoms with Crippen molar-refractivity contribution >= 4 is 104 Å². The minimum absolute atomic E-state index is 0.256. The number of hydrogen-bond acceptors (Lipinski definition) is 0. The van der Waals surface area contributed by atoms with Crippen LogP contribution in [-0.2, 0) is 15.9 Å². The third-order valence-electron chi connectivity index (χ3n) is 2.82. The summed E-state index contributed by atoms with van der Waals surface area (Å²) >= 11 is 54.2. The van der Waals surface area contributed by atoms with Crippen LogP contribution in [0.5, 0.6) is 0 Å². The molecule has 0 saturated carbocycles. The Morgan fingerprint density at radius 3 is 1.82 bits per heavy atom. The fraction of sp³-hybridized carbons (Fsp3) is 0.500. The molecule has 0 amide bonds. The van der Waals surface area contributed by atoms with Gasteiger partial charge in [0.1, 0.15) is 0 Å². The molecular formula is C12H8Cl9O. The van der Waals surface area contributed by atoms with Crippen molar-refractivity contribution in [3.05, 3.63) is 35.4 Å². The SMILES string of the molecule is [O]CCc1cccc(C(Cl)(Cl)C(Cl)(Cl)C(Cl)(Cl)C(Cl)(Cl)Cl)c1. The predicted octanol–water partition coefficient (Wildman–Crippen LogP) is 7.01. The van der Waals surface area contributed by atoms with Crippen molar-refractivity contribution in [2.24, 2.45) is 0 Å². The molecule has 0 saturated heterocycles. The molecule has 1 radical (unpaired) electrons. The standard InChI is InChI=1S/C12H8Cl9O/c13-9(14,8-3-1-2-7(6-8)4-5-22)10(15,16)11(17,18)12(19,20)21/h1-3,6H,4-5H2. The van der Waals surface area contributed by atoms with Gasteiger partial charge in [-0.3, -0.25) is 0 Å². The second kappa shape index (κ2) is 7.58. The van der Waals surface area contributed by atoms with Crippen LogP contribution in [0.1, 0.15) is 11.1 Å². The van der Waals surface area contributed by atoms with Gasteiger partial charge in [0.05, 0.1) is 6.61 Å². The first kappa shape index (κ1) is 21.8. The Balaban J connectivity index is 3.35. The van der Waals surface area contributed by atoms with Gasteiger partial charge < -0.3 is 0 Å². The molecule has 0 aromatic heterocycles. The Kier molecular flexibility index (Phi) is 7.52. The lowest BCUT2D eigenvalue weighted by Crippen LogP contribution is -2.54. The molecule has 0 aliphatic rings. The Morgan fingerprint density at radius 2 is 1.36 bits per heavy atom. The molecule has 0 unspecified atom stereocenters. The maximum absolute atomic E-state index is 10.7. The highest BCUT2D eigenvalue weighted by Gasteiger charge is 2.68. The van der Waals surface area contributed by atoms with E-state index in [1.165, 1.54) is 6.07 Å². The minimum Gasteiger partial charge on any atom is -0.236 e. The second-order valence-corrected chi connectivity index (χ2v) is 10.6. The maximum Gasteiger partial charge on any atom is 0.226 e. The first-order valence-electron chi connectivity index (χ1n) is 5.66. The molecule has 1 rings (SSSR count). The lowest BCUT2D eigenvalue weighted by Gasteiger charge is -2.44. The number of hydrogen-bond donors (Lipinski definition) is 0. The van der Waals surface area contributed by atoms with Crippen molar-refractivity contribution in [1.29, 1.82) is 0 Å². The summed E-state index contributed by atoms with van der Waals surface area (Å²) < 4.78 is -8.94. The van der Waals surface area contributed by atoms with Gasteiger partial charge >= 0.3 is 0 Å². The van der Waals surface area contributed by atoms with E-state index in [2.05, 4.69) is 0 Å². The quantitative estimate of drug-likeness (QED) is 0.399. The molecule has 0 atom stereocenters. The van der Waals surface area contributed by atoms with Gasteiger partial charge in [-0.1, -0.05) is 129 Å². The lowest BCUT2D eigenvalue weighted by molar-refractivity contribution is 0.197. The normalized spacial score (nSPS) is 14.3. The minimum atomic E-state index is -2.34. The van der Waals surface area contributed by atoms with Gasteiger partial charge in [0, 0.05) is 0 Å². The van der Waals surface area contributed by atoms with Crippen LogP contribution in [0.2, 0.25) is 0 Å². The van der Waals surface area contributed by atoms with Crippen LogP contribution >= 0.6 is 104 Å². The lowest BCUT2D eigenvalue weighted by atomic mass is 10.0. The van der Waals surface area contributed by atoms with E-state index in [1.54, 1.807) is 18.2 Å².